The number of carboxylic acids is 1. The van der Waals surface area contributed by atoms with Gasteiger partial charge in [-0.1, -0.05) is 12.8 Å². The summed E-state index contributed by atoms with van der Waals surface area (Å²) in [6, 6.07) is -1.10. The van der Waals surface area contributed by atoms with Gasteiger partial charge in [-0.05, 0) is 12.8 Å². The van der Waals surface area contributed by atoms with Crippen molar-refractivity contribution in [3.63, 3.8) is 0 Å². The van der Waals surface area contributed by atoms with Crippen molar-refractivity contribution >= 4 is 12.0 Å². The second-order valence-corrected chi connectivity index (χ2v) is 4.91. The Balaban J connectivity index is 1.98. The zero-order valence-electron chi connectivity index (χ0n) is 11.4. The summed E-state index contributed by atoms with van der Waals surface area (Å²) in [5.74, 6) is -0.319. The Labute approximate surface area is 116 Å². The number of likely N-dealkylation sites (tertiary alicyclic amines) is 1. The molecule has 1 aliphatic rings. The Kier molecular flexibility index (Phi) is 4.54. The van der Waals surface area contributed by atoms with E-state index in [1.54, 1.807) is 17.9 Å². The minimum atomic E-state index is -0.944. The number of aliphatic carboxylic acids is 1. The van der Waals surface area contributed by atoms with Crippen LogP contribution in [0.25, 0.3) is 0 Å². The normalized spacial score (nSPS) is 19.4. The molecular formula is C12H19N5O3. The summed E-state index contributed by atoms with van der Waals surface area (Å²) >= 11 is 0. The fourth-order valence-electron chi connectivity index (χ4n) is 2.33. The number of rotatable bonds is 3. The highest BCUT2D eigenvalue weighted by atomic mass is 16.4. The predicted octanol–water partition coefficient (Wildman–Crippen LogP) is 0.354. The summed E-state index contributed by atoms with van der Waals surface area (Å²) in [4.78, 5) is 24.8. The maximum absolute atomic E-state index is 12.2. The number of nitrogens with one attached hydrogen (secondary N) is 1. The zero-order chi connectivity index (χ0) is 14.5. The predicted molar refractivity (Wildman–Crippen MR) is 69.8 cm³/mol. The van der Waals surface area contributed by atoms with Crippen molar-refractivity contribution in [2.45, 2.75) is 38.3 Å². The fraction of sp³-hybridized carbons (Fsp3) is 0.667. The van der Waals surface area contributed by atoms with Crippen LogP contribution in [-0.2, 0) is 18.4 Å². The molecule has 110 valence electrons. The monoisotopic (exact) mass is 281 g/mol. The number of amides is 2. The number of aryl methyl sites for hydroxylation is 1. The van der Waals surface area contributed by atoms with Crippen molar-refractivity contribution in [2.24, 2.45) is 7.05 Å². The van der Waals surface area contributed by atoms with Gasteiger partial charge in [0.25, 0.3) is 0 Å². The summed E-state index contributed by atoms with van der Waals surface area (Å²) in [7, 11) is 1.79. The largest absolute Gasteiger partial charge is 0.480 e. The second-order valence-electron chi connectivity index (χ2n) is 4.91. The van der Waals surface area contributed by atoms with E-state index in [9.17, 15) is 14.7 Å². The molecule has 1 saturated heterocycles. The van der Waals surface area contributed by atoms with Crippen molar-refractivity contribution in [2.75, 3.05) is 6.54 Å². The first-order valence-corrected chi connectivity index (χ1v) is 6.69. The number of aromatic nitrogens is 3. The lowest BCUT2D eigenvalue weighted by Crippen LogP contribution is -2.49. The van der Waals surface area contributed by atoms with Crippen LogP contribution in [-0.4, -0.2) is 49.4 Å². The van der Waals surface area contributed by atoms with Gasteiger partial charge in [0.05, 0.1) is 6.54 Å². The smallest absolute Gasteiger partial charge is 0.326 e. The van der Waals surface area contributed by atoms with Crippen molar-refractivity contribution < 1.29 is 14.7 Å². The summed E-state index contributed by atoms with van der Waals surface area (Å²) in [6.45, 7) is 0.708. The molecule has 1 aliphatic heterocycles. The van der Waals surface area contributed by atoms with Crippen LogP contribution in [0.4, 0.5) is 4.79 Å². The number of urea groups is 1. The van der Waals surface area contributed by atoms with Crippen LogP contribution in [0, 0.1) is 0 Å². The van der Waals surface area contributed by atoms with Crippen LogP contribution in [0.2, 0.25) is 0 Å². The topological polar surface area (TPSA) is 100 Å². The third-order valence-electron chi connectivity index (χ3n) is 3.50. The molecular weight excluding hydrogens is 262 g/mol. The third-order valence-corrected chi connectivity index (χ3v) is 3.50. The Morgan fingerprint density at radius 1 is 1.45 bits per heavy atom. The molecule has 20 heavy (non-hydrogen) atoms. The van der Waals surface area contributed by atoms with Gasteiger partial charge in [-0.3, -0.25) is 0 Å². The van der Waals surface area contributed by atoms with E-state index in [2.05, 4.69) is 15.5 Å². The molecule has 0 aromatic carbocycles. The van der Waals surface area contributed by atoms with Crippen LogP contribution in [0.1, 0.15) is 31.5 Å². The van der Waals surface area contributed by atoms with E-state index in [0.29, 0.717) is 18.8 Å². The average Bonchev–Trinajstić information content (AvgIpc) is 2.67. The van der Waals surface area contributed by atoms with Gasteiger partial charge in [0.1, 0.15) is 12.4 Å². The number of nitrogens with zero attached hydrogens (tertiary/aromatic N) is 4. The lowest BCUT2D eigenvalue weighted by atomic mass is 10.1. The van der Waals surface area contributed by atoms with Crippen molar-refractivity contribution in [3.05, 3.63) is 12.2 Å². The van der Waals surface area contributed by atoms with Crippen LogP contribution in [0.15, 0.2) is 6.33 Å². The second kappa shape index (κ2) is 6.36. The first-order chi connectivity index (χ1) is 9.59. The molecule has 1 aromatic heterocycles. The lowest BCUT2D eigenvalue weighted by molar-refractivity contribution is -0.142. The van der Waals surface area contributed by atoms with Gasteiger partial charge in [0.15, 0.2) is 5.82 Å². The van der Waals surface area contributed by atoms with Gasteiger partial charge in [0.2, 0.25) is 0 Å². The minimum absolute atomic E-state index is 0.234. The molecule has 1 unspecified atom stereocenters. The van der Waals surface area contributed by atoms with Gasteiger partial charge >= 0.3 is 12.0 Å². The van der Waals surface area contributed by atoms with E-state index in [1.165, 1.54) is 4.90 Å². The van der Waals surface area contributed by atoms with E-state index in [0.717, 1.165) is 19.3 Å². The highest BCUT2D eigenvalue weighted by Crippen LogP contribution is 2.17. The van der Waals surface area contributed by atoms with E-state index in [1.807, 2.05) is 0 Å². The maximum Gasteiger partial charge on any atom is 0.326 e. The number of carbonyl (C=O) groups excluding carboxylic acids is 1. The Morgan fingerprint density at radius 3 is 2.90 bits per heavy atom. The number of carboxylic acid groups (broad SMARTS) is 1. The van der Waals surface area contributed by atoms with Gasteiger partial charge < -0.3 is 19.9 Å². The van der Waals surface area contributed by atoms with Crippen molar-refractivity contribution in [1.82, 2.24) is 25.0 Å². The molecule has 2 N–H and O–H groups in total. The fourth-order valence-corrected chi connectivity index (χ4v) is 2.33. The molecule has 0 bridgehead atoms. The van der Waals surface area contributed by atoms with Crippen LogP contribution < -0.4 is 5.32 Å². The van der Waals surface area contributed by atoms with Gasteiger partial charge in [-0.25, -0.2) is 9.59 Å². The summed E-state index contributed by atoms with van der Waals surface area (Å²) in [6.07, 6.45) is 4.68. The Hall–Kier alpha value is -2.12. The number of hydrogen-bond donors (Lipinski definition) is 2. The Morgan fingerprint density at radius 2 is 2.25 bits per heavy atom. The number of carbonyl (C=O) groups is 2. The molecule has 0 spiro atoms. The van der Waals surface area contributed by atoms with Crippen molar-refractivity contribution in [3.8, 4) is 0 Å². The van der Waals surface area contributed by atoms with Crippen LogP contribution in [0.3, 0.4) is 0 Å². The van der Waals surface area contributed by atoms with E-state index in [-0.39, 0.29) is 12.6 Å². The van der Waals surface area contributed by atoms with E-state index in [4.69, 9.17) is 0 Å². The third kappa shape index (κ3) is 3.25. The molecule has 1 fully saturated rings. The molecule has 0 saturated carbocycles. The van der Waals surface area contributed by atoms with E-state index >= 15 is 0 Å². The van der Waals surface area contributed by atoms with Crippen LogP contribution >= 0.6 is 0 Å². The molecule has 8 heteroatoms. The molecule has 0 aliphatic carbocycles. The molecule has 1 atom stereocenters. The van der Waals surface area contributed by atoms with Crippen LogP contribution in [0.5, 0.6) is 0 Å². The molecule has 1 aromatic rings. The minimum Gasteiger partial charge on any atom is -0.480 e. The first kappa shape index (κ1) is 14.3. The summed E-state index contributed by atoms with van der Waals surface area (Å²) < 4.78 is 1.71. The molecule has 2 heterocycles. The quantitative estimate of drug-likeness (QED) is 0.833. The summed E-state index contributed by atoms with van der Waals surface area (Å²) in [5, 5.41) is 19.5. The standard InChI is InChI=1S/C12H19N5O3/c1-16-8-14-15-10(16)7-13-12(20)17-6-4-2-3-5-9(17)11(18)19/h8-9H,2-7H2,1H3,(H,13,20)(H,18,19). The highest BCUT2D eigenvalue weighted by Gasteiger charge is 2.30. The van der Waals surface area contributed by atoms with Gasteiger partial charge in [-0.15, -0.1) is 10.2 Å². The molecule has 2 rings (SSSR count). The SMILES string of the molecule is Cn1cnnc1CNC(=O)N1CCCCCC1C(=O)O. The lowest BCUT2D eigenvalue weighted by Gasteiger charge is -2.26. The first-order valence-electron chi connectivity index (χ1n) is 6.69. The average molecular weight is 281 g/mol. The maximum atomic E-state index is 12.2. The van der Waals surface area contributed by atoms with Crippen molar-refractivity contribution in [1.29, 1.82) is 0 Å². The number of hydrogen-bond acceptors (Lipinski definition) is 4. The van der Waals surface area contributed by atoms with E-state index < -0.39 is 12.0 Å². The molecule has 2 amide bonds. The van der Waals surface area contributed by atoms with Gasteiger partial charge in [0, 0.05) is 13.6 Å². The zero-order valence-corrected chi connectivity index (χ0v) is 11.4. The highest BCUT2D eigenvalue weighted by molar-refractivity contribution is 5.82. The van der Waals surface area contributed by atoms with Gasteiger partial charge in [-0.2, -0.15) is 0 Å². The Bertz CT molecular complexity index is 487. The molecule has 8 nitrogen and oxygen atoms in total. The molecule has 0 radical (unpaired) electrons. The summed E-state index contributed by atoms with van der Waals surface area (Å²) in [5.41, 5.74) is 0.